The molecule has 3 heteroatoms. The third-order valence-corrected chi connectivity index (χ3v) is 3.86. The molecule has 1 fully saturated rings. The van der Waals surface area contributed by atoms with Gasteiger partial charge in [-0.15, -0.1) is 11.6 Å². The van der Waals surface area contributed by atoms with Crippen LogP contribution in [0.5, 0.6) is 0 Å². The van der Waals surface area contributed by atoms with Crippen LogP contribution in [-0.2, 0) is 15.9 Å². The average Bonchev–Trinajstić information content (AvgIpc) is 2.89. The van der Waals surface area contributed by atoms with Gasteiger partial charge in [-0.25, -0.2) is 0 Å². The van der Waals surface area contributed by atoms with E-state index < -0.39 is 0 Å². The summed E-state index contributed by atoms with van der Waals surface area (Å²) in [7, 11) is 1.73. The van der Waals surface area contributed by atoms with Crippen molar-refractivity contribution < 1.29 is 9.47 Å². The summed E-state index contributed by atoms with van der Waals surface area (Å²) in [4.78, 5) is 0. The predicted octanol–water partition coefficient (Wildman–Crippen LogP) is 3.72. The highest BCUT2D eigenvalue weighted by Crippen LogP contribution is 2.30. The van der Waals surface area contributed by atoms with Crippen molar-refractivity contribution in [1.29, 1.82) is 0 Å². The van der Waals surface area contributed by atoms with Gasteiger partial charge in [0.2, 0.25) is 0 Å². The Balaban J connectivity index is 1.87. The average molecular weight is 269 g/mol. The third-order valence-electron chi connectivity index (χ3n) is 3.43. The van der Waals surface area contributed by atoms with Crippen LogP contribution in [0.4, 0.5) is 0 Å². The zero-order valence-corrected chi connectivity index (χ0v) is 11.7. The van der Waals surface area contributed by atoms with Crippen LogP contribution in [-0.4, -0.2) is 26.4 Å². The van der Waals surface area contributed by atoms with Crippen LogP contribution in [0.2, 0.25) is 0 Å². The SMILES string of the molecule is COCCc1ccc(C(Cl)CC2CCCO2)cc1. The molecule has 2 nitrogen and oxygen atoms in total. The topological polar surface area (TPSA) is 18.5 Å². The smallest absolute Gasteiger partial charge is 0.0609 e. The van der Waals surface area contributed by atoms with E-state index in [0.29, 0.717) is 6.10 Å². The second-order valence-corrected chi connectivity index (χ2v) is 5.35. The number of alkyl halides is 1. The Hall–Kier alpha value is -0.570. The van der Waals surface area contributed by atoms with Crippen molar-refractivity contribution in [3.63, 3.8) is 0 Å². The molecular weight excluding hydrogens is 248 g/mol. The van der Waals surface area contributed by atoms with Gasteiger partial charge in [0.1, 0.15) is 0 Å². The minimum atomic E-state index is 0.0598. The van der Waals surface area contributed by atoms with E-state index in [0.717, 1.165) is 32.5 Å². The maximum atomic E-state index is 6.44. The quantitative estimate of drug-likeness (QED) is 0.732. The molecular formula is C15H21ClO2. The molecule has 100 valence electrons. The molecule has 0 bridgehead atoms. The lowest BCUT2D eigenvalue weighted by Gasteiger charge is -2.15. The third kappa shape index (κ3) is 3.98. The van der Waals surface area contributed by atoms with Crippen LogP contribution in [0.1, 0.15) is 35.8 Å². The predicted molar refractivity (Wildman–Crippen MR) is 74.2 cm³/mol. The normalized spacial score (nSPS) is 21.1. The van der Waals surface area contributed by atoms with E-state index in [4.69, 9.17) is 21.1 Å². The lowest BCUT2D eigenvalue weighted by atomic mass is 10.0. The number of halogens is 1. The molecule has 1 aliphatic heterocycles. The van der Waals surface area contributed by atoms with Crippen molar-refractivity contribution in [1.82, 2.24) is 0 Å². The van der Waals surface area contributed by atoms with Gasteiger partial charge in [-0.05, 0) is 36.8 Å². The highest BCUT2D eigenvalue weighted by Gasteiger charge is 2.20. The van der Waals surface area contributed by atoms with Crippen LogP contribution in [0.3, 0.4) is 0 Å². The Bertz CT molecular complexity index is 344. The largest absolute Gasteiger partial charge is 0.384 e. The van der Waals surface area contributed by atoms with Gasteiger partial charge in [-0.1, -0.05) is 24.3 Å². The summed E-state index contributed by atoms with van der Waals surface area (Å²) in [6, 6.07) is 8.52. The van der Waals surface area contributed by atoms with E-state index >= 15 is 0 Å². The molecule has 0 spiro atoms. The van der Waals surface area contributed by atoms with Gasteiger partial charge >= 0.3 is 0 Å². The lowest BCUT2D eigenvalue weighted by molar-refractivity contribution is 0.103. The second-order valence-electron chi connectivity index (χ2n) is 4.82. The molecule has 1 aliphatic rings. The minimum absolute atomic E-state index is 0.0598. The zero-order valence-electron chi connectivity index (χ0n) is 10.9. The Kier molecular flexibility index (Phi) is 5.48. The van der Waals surface area contributed by atoms with E-state index in [-0.39, 0.29) is 5.38 Å². The maximum absolute atomic E-state index is 6.44. The molecule has 18 heavy (non-hydrogen) atoms. The van der Waals surface area contributed by atoms with Gasteiger partial charge in [-0.3, -0.25) is 0 Å². The number of ether oxygens (including phenoxy) is 2. The van der Waals surface area contributed by atoms with Gasteiger partial charge in [-0.2, -0.15) is 0 Å². The molecule has 2 atom stereocenters. The van der Waals surface area contributed by atoms with Crippen molar-refractivity contribution in [3.05, 3.63) is 35.4 Å². The summed E-state index contributed by atoms with van der Waals surface area (Å²) in [5.74, 6) is 0. The number of hydrogen-bond acceptors (Lipinski definition) is 2. The van der Waals surface area contributed by atoms with Gasteiger partial charge in [0.05, 0.1) is 18.1 Å². The molecule has 0 aliphatic carbocycles. The van der Waals surface area contributed by atoms with Crippen LogP contribution in [0.15, 0.2) is 24.3 Å². The summed E-state index contributed by atoms with van der Waals surface area (Å²) in [6.07, 6.45) is 4.54. The molecule has 2 rings (SSSR count). The first-order valence-electron chi connectivity index (χ1n) is 6.63. The van der Waals surface area contributed by atoms with Crippen molar-refractivity contribution in [2.45, 2.75) is 37.2 Å². The van der Waals surface area contributed by atoms with Crippen molar-refractivity contribution >= 4 is 11.6 Å². The summed E-state index contributed by atoms with van der Waals surface area (Å²) in [5.41, 5.74) is 2.48. The van der Waals surface area contributed by atoms with Crippen LogP contribution >= 0.6 is 11.6 Å². The highest BCUT2D eigenvalue weighted by molar-refractivity contribution is 6.20. The Morgan fingerprint density at radius 1 is 1.39 bits per heavy atom. The van der Waals surface area contributed by atoms with Crippen LogP contribution in [0.25, 0.3) is 0 Å². The minimum Gasteiger partial charge on any atom is -0.384 e. The Morgan fingerprint density at radius 2 is 2.17 bits per heavy atom. The zero-order chi connectivity index (χ0) is 12.8. The summed E-state index contributed by atoms with van der Waals surface area (Å²) in [5, 5.41) is 0.0598. The molecule has 0 amide bonds. The fraction of sp³-hybridized carbons (Fsp3) is 0.600. The first kappa shape index (κ1) is 13.9. The summed E-state index contributed by atoms with van der Waals surface area (Å²) >= 11 is 6.44. The molecule has 1 saturated heterocycles. The van der Waals surface area contributed by atoms with Crippen LogP contribution < -0.4 is 0 Å². The van der Waals surface area contributed by atoms with Gasteiger partial charge < -0.3 is 9.47 Å². The molecule has 2 unspecified atom stereocenters. The fourth-order valence-electron chi connectivity index (χ4n) is 2.31. The first-order chi connectivity index (χ1) is 8.79. The molecule has 1 heterocycles. The van der Waals surface area contributed by atoms with Gasteiger partial charge in [0.25, 0.3) is 0 Å². The number of rotatable bonds is 6. The highest BCUT2D eigenvalue weighted by atomic mass is 35.5. The number of benzene rings is 1. The molecule has 0 saturated carbocycles. The maximum Gasteiger partial charge on any atom is 0.0609 e. The second kappa shape index (κ2) is 7.13. The Labute approximate surface area is 114 Å². The van der Waals surface area contributed by atoms with Gasteiger partial charge in [0.15, 0.2) is 0 Å². The Morgan fingerprint density at radius 3 is 2.78 bits per heavy atom. The van der Waals surface area contributed by atoms with Crippen molar-refractivity contribution in [2.24, 2.45) is 0 Å². The fourth-order valence-corrected chi connectivity index (χ4v) is 2.65. The van der Waals surface area contributed by atoms with Gasteiger partial charge in [0, 0.05) is 13.7 Å². The number of hydrogen-bond donors (Lipinski definition) is 0. The molecule has 0 aromatic heterocycles. The lowest BCUT2D eigenvalue weighted by Crippen LogP contribution is -2.08. The van der Waals surface area contributed by atoms with E-state index in [1.807, 2.05) is 0 Å². The standard InChI is InChI=1S/C15H21ClO2/c1-17-10-8-12-4-6-13(7-5-12)15(16)11-14-3-2-9-18-14/h4-7,14-15H,2-3,8-11H2,1H3. The molecule has 1 aromatic rings. The van der Waals surface area contributed by atoms with Crippen molar-refractivity contribution in [2.75, 3.05) is 20.3 Å². The van der Waals surface area contributed by atoms with E-state index in [1.54, 1.807) is 7.11 Å². The van der Waals surface area contributed by atoms with E-state index in [1.165, 1.54) is 17.5 Å². The van der Waals surface area contributed by atoms with Crippen LogP contribution in [0, 0.1) is 0 Å². The first-order valence-corrected chi connectivity index (χ1v) is 7.06. The molecule has 1 aromatic carbocycles. The van der Waals surface area contributed by atoms with E-state index in [9.17, 15) is 0 Å². The monoisotopic (exact) mass is 268 g/mol. The summed E-state index contributed by atoms with van der Waals surface area (Å²) < 4.78 is 10.7. The van der Waals surface area contributed by atoms with Crippen molar-refractivity contribution in [3.8, 4) is 0 Å². The summed E-state index contributed by atoms with van der Waals surface area (Å²) in [6.45, 7) is 1.66. The van der Waals surface area contributed by atoms with E-state index in [2.05, 4.69) is 24.3 Å². The molecule has 0 N–H and O–H groups in total. The molecule has 0 radical (unpaired) electrons. The number of methoxy groups -OCH3 is 1.